The molecule has 0 saturated carbocycles. The van der Waals surface area contributed by atoms with Crippen LogP contribution in [-0.2, 0) is 24.2 Å². The van der Waals surface area contributed by atoms with Gasteiger partial charge in [0.05, 0.1) is 17.6 Å². The second kappa shape index (κ2) is 14.1. The van der Waals surface area contributed by atoms with Crippen LogP contribution in [0.25, 0.3) is 11.0 Å². The number of aromatic nitrogens is 2. The number of hydrogen-bond acceptors (Lipinski definition) is 4. The van der Waals surface area contributed by atoms with Crippen LogP contribution in [0.1, 0.15) is 36.0 Å². The van der Waals surface area contributed by atoms with Crippen molar-refractivity contribution in [2.75, 3.05) is 37.6 Å². The van der Waals surface area contributed by atoms with Gasteiger partial charge in [-0.1, -0.05) is 48.5 Å². The van der Waals surface area contributed by atoms with Crippen molar-refractivity contribution in [2.45, 2.75) is 38.6 Å². The van der Waals surface area contributed by atoms with Crippen molar-refractivity contribution in [1.82, 2.24) is 14.5 Å². The molecule has 0 bridgehead atoms. The number of aliphatic carboxylic acids is 1. The van der Waals surface area contributed by atoms with Gasteiger partial charge in [0, 0.05) is 26.1 Å². The van der Waals surface area contributed by atoms with Crippen molar-refractivity contribution in [3.63, 3.8) is 0 Å². The van der Waals surface area contributed by atoms with Crippen molar-refractivity contribution in [3.8, 4) is 0 Å². The molecule has 0 aliphatic carbocycles. The number of para-hydroxylation sites is 2. The van der Waals surface area contributed by atoms with E-state index in [4.69, 9.17) is 10.1 Å². The molecular weight excluding hydrogens is 502 g/mol. The number of benzene rings is 3. The van der Waals surface area contributed by atoms with E-state index in [1.54, 1.807) is 0 Å². The summed E-state index contributed by atoms with van der Waals surface area (Å²) in [5.41, 5.74) is 5.52. The number of hydrogen-bond donors (Lipinski definition) is 1. The Hall–Kier alpha value is -2.71. The third kappa shape index (κ3) is 7.92. The molecule has 3 aromatic carbocycles. The molecule has 1 aliphatic rings. The molecule has 1 aliphatic heterocycles. The normalized spacial score (nSPS) is 14.5. The standard InChI is InChI=1S/C31H35FN4O2.Na.H/c32-27-14-11-26(12-15-27)23-36-29-6-2-1-5-28(29)33-31(36)35-20-3-18-34(19-4-21-35)22-17-25-9-7-24(8-10-25)13-16-30(37)38;;/h1-2,5-12,14-15H,3-4,13,16-23H2,(H,37,38);;. The maximum absolute atomic E-state index is 13.5. The fourth-order valence-electron chi connectivity index (χ4n) is 5.26. The first-order chi connectivity index (χ1) is 18.5. The Labute approximate surface area is 251 Å². The fraction of sp³-hybridized carbons (Fsp3) is 0.355. The number of carboxylic acid groups (broad SMARTS) is 1. The van der Waals surface area contributed by atoms with Crippen molar-refractivity contribution in [2.24, 2.45) is 0 Å². The fourth-order valence-corrected chi connectivity index (χ4v) is 5.26. The Morgan fingerprint density at radius 1 is 0.821 bits per heavy atom. The number of fused-ring (bicyclic) bond motifs is 1. The van der Waals surface area contributed by atoms with Crippen LogP contribution in [0.4, 0.5) is 10.3 Å². The number of anilines is 1. The summed E-state index contributed by atoms with van der Waals surface area (Å²) in [5.74, 6) is 0.0207. The molecule has 200 valence electrons. The molecule has 0 unspecified atom stereocenters. The zero-order valence-electron chi connectivity index (χ0n) is 21.7. The summed E-state index contributed by atoms with van der Waals surface area (Å²) in [5, 5.41) is 8.87. The van der Waals surface area contributed by atoms with E-state index < -0.39 is 5.97 Å². The molecule has 39 heavy (non-hydrogen) atoms. The molecule has 1 aromatic heterocycles. The van der Waals surface area contributed by atoms with E-state index >= 15 is 0 Å². The molecule has 4 aromatic rings. The number of nitrogens with zero attached hydrogens (tertiary/aromatic N) is 4. The quantitative estimate of drug-likeness (QED) is 0.312. The van der Waals surface area contributed by atoms with E-state index in [0.29, 0.717) is 13.0 Å². The molecule has 1 saturated heterocycles. The molecule has 0 atom stereocenters. The number of halogens is 1. The van der Waals surface area contributed by atoms with Crippen LogP contribution in [0.2, 0.25) is 0 Å². The van der Waals surface area contributed by atoms with Crippen molar-refractivity contribution in [1.29, 1.82) is 0 Å². The number of rotatable bonds is 9. The summed E-state index contributed by atoms with van der Waals surface area (Å²) in [6, 6.07) is 23.4. The summed E-state index contributed by atoms with van der Waals surface area (Å²) in [7, 11) is 0. The Kier molecular flexibility index (Phi) is 10.6. The number of carbonyl (C=O) groups is 1. The monoisotopic (exact) mass is 538 g/mol. The first-order valence-corrected chi connectivity index (χ1v) is 13.5. The maximum atomic E-state index is 13.5. The second-order valence-corrected chi connectivity index (χ2v) is 10.1. The van der Waals surface area contributed by atoms with E-state index in [1.807, 2.05) is 24.3 Å². The topological polar surface area (TPSA) is 61.6 Å². The molecule has 2 heterocycles. The summed E-state index contributed by atoms with van der Waals surface area (Å²) in [6.45, 7) is 5.67. The Bertz CT molecular complexity index is 1350. The van der Waals surface area contributed by atoms with Gasteiger partial charge >= 0.3 is 35.5 Å². The van der Waals surface area contributed by atoms with Gasteiger partial charge in [-0.15, -0.1) is 0 Å². The SMILES string of the molecule is O=C(O)CCc1ccc(CCN2CCCN(c3nc4ccccc4n3Cc3ccc(F)cc3)CCC2)cc1.[NaH]. The van der Waals surface area contributed by atoms with Crippen molar-refractivity contribution >= 4 is 52.5 Å². The van der Waals surface area contributed by atoms with Crippen LogP contribution in [0.3, 0.4) is 0 Å². The molecule has 0 radical (unpaired) electrons. The first kappa shape index (κ1) is 29.3. The van der Waals surface area contributed by atoms with Crippen LogP contribution >= 0.6 is 0 Å². The molecular formula is C31H36FN4NaO2. The Morgan fingerprint density at radius 2 is 1.44 bits per heavy atom. The molecule has 6 nitrogen and oxygen atoms in total. The third-order valence-electron chi connectivity index (χ3n) is 7.34. The van der Waals surface area contributed by atoms with Gasteiger partial charge in [-0.05, 0) is 79.7 Å². The Morgan fingerprint density at radius 3 is 2.10 bits per heavy atom. The van der Waals surface area contributed by atoms with Crippen LogP contribution in [0.15, 0.2) is 72.8 Å². The molecule has 5 rings (SSSR count). The van der Waals surface area contributed by atoms with Crippen LogP contribution in [0, 0.1) is 5.82 Å². The molecule has 1 fully saturated rings. The van der Waals surface area contributed by atoms with Gasteiger partial charge < -0.3 is 19.5 Å². The number of imidazole rings is 1. The predicted molar refractivity (Wildman–Crippen MR) is 156 cm³/mol. The summed E-state index contributed by atoms with van der Waals surface area (Å²) >= 11 is 0. The third-order valence-corrected chi connectivity index (χ3v) is 7.34. The minimum absolute atomic E-state index is 0. The summed E-state index contributed by atoms with van der Waals surface area (Å²) in [6.07, 6.45) is 3.88. The van der Waals surface area contributed by atoms with Gasteiger partial charge in [-0.25, -0.2) is 9.37 Å². The van der Waals surface area contributed by atoms with Gasteiger partial charge in [-0.3, -0.25) is 4.79 Å². The van der Waals surface area contributed by atoms with E-state index in [2.05, 4.69) is 50.8 Å². The van der Waals surface area contributed by atoms with Gasteiger partial charge in [0.15, 0.2) is 0 Å². The predicted octanol–water partition coefficient (Wildman–Crippen LogP) is 4.74. The number of carboxylic acids is 1. The van der Waals surface area contributed by atoms with E-state index in [0.717, 1.165) is 80.1 Å². The zero-order valence-corrected chi connectivity index (χ0v) is 21.7. The zero-order chi connectivity index (χ0) is 26.3. The molecule has 8 heteroatoms. The summed E-state index contributed by atoms with van der Waals surface area (Å²) < 4.78 is 15.7. The van der Waals surface area contributed by atoms with E-state index in [9.17, 15) is 9.18 Å². The van der Waals surface area contributed by atoms with Gasteiger partial charge in [0.1, 0.15) is 5.82 Å². The number of aryl methyl sites for hydroxylation is 1. The molecule has 1 N–H and O–H groups in total. The van der Waals surface area contributed by atoms with Crippen LogP contribution < -0.4 is 4.90 Å². The van der Waals surface area contributed by atoms with Crippen molar-refractivity contribution in [3.05, 3.63) is 95.3 Å². The Balaban J connectivity index is 0.00000353. The van der Waals surface area contributed by atoms with Crippen molar-refractivity contribution < 1.29 is 14.3 Å². The molecule has 0 amide bonds. The van der Waals surface area contributed by atoms with Gasteiger partial charge in [0.25, 0.3) is 0 Å². The van der Waals surface area contributed by atoms with Gasteiger partial charge in [-0.2, -0.15) is 0 Å². The first-order valence-electron chi connectivity index (χ1n) is 13.5. The second-order valence-electron chi connectivity index (χ2n) is 10.1. The average molecular weight is 539 g/mol. The van der Waals surface area contributed by atoms with Gasteiger partial charge in [0.2, 0.25) is 5.95 Å². The summed E-state index contributed by atoms with van der Waals surface area (Å²) in [4.78, 5) is 20.8. The van der Waals surface area contributed by atoms with E-state index in [1.165, 1.54) is 17.7 Å². The molecule has 0 spiro atoms. The van der Waals surface area contributed by atoms with E-state index in [-0.39, 0.29) is 41.8 Å². The van der Waals surface area contributed by atoms with Crippen LogP contribution in [-0.4, -0.2) is 87.8 Å². The van der Waals surface area contributed by atoms with Crippen LogP contribution in [0.5, 0.6) is 0 Å². The average Bonchev–Trinajstić information content (AvgIpc) is 3.27. The minimum atomic E-state index is -0.755.